The third-order valence-corrected chi connectivity index (χ3v) is 2.28. The Labute approximate surface area is 101 Å². The molecule has 0 aliphatic rings. The van der Waals surface area contributed by atoms with Crippen molar-refractivity contribution in [1.82, 2.24) is 20.1 Å². The summed E-state index contributed by atoms with van der Waals surface area (Å²) >= 11 is 0. The van der Waals surface area contributed by atoms with Gasteiger partial charge in [-0.15, -0.1) is 5.10 Å². The summed E-state index contributed by atoms with van der Waals surface area (Å²) in [5, 5.41) is 19.3. The van der Waals surface area contributed by atoms with Gasteiger partial charge in [0.05, 0.1) is 18.8 Å². The number of hydrogen-bond acceptors (Lipinski definition) is 6. The van der Waals surface area contributed by atoms with Crippen molar-refractivity contribution in [2.45, 2.75) is 0 Å². The van der Waals surface area contributed by atoms with Gasteiger partial charge in [-0.2, -0.15) is 0 Å². The number of amides is 1. The maximum atomic E-state index is 11.8. The molecule has 0 spiro atoms. The summed E-state index contributed by atoms with van der Waals surface area (Å²) in [6.45, 7) is -0.292. The highest BCUT2D eigenvalue weighted by molar-refractivity contribution is 5.97. The lowest BCUT2D eigenvalue weighted by molar-refractivity contribution is -0.139. The maximum absolute atomic E-state index is 11.8. The average molecular weight is 250 g/mol. The first-order valence-corrected chi connectivity index (χ1v) is 5.01. The fraction of sp³-hybridized carbons (Fsp3) is 0.200. The zero-order valence-corrected chi connectivity index (χ0v) is 9.45. The van der Waals surface area contributed by atoms with Crippen molar-refractivity contribution < 1.29 is 19.4 Å². The Kier molecular flexibility index (Phi) is 3.09. The molecule has 0 aliphatic carbocycles. The van der Waals surface area contributed by atoms with Crippen molar-refractivity contribution in [3.63, 3.8) is 0 Å². The van der Waals surface area contributed by atoms with Crippen molar-refractivity contribution in [2.24, 2.45) is 0 Å². The summed E-state index contributed by atoms with van der Waals surface area (Å²) in [5.41, 5.74) is 0.463. The molecule has 8 heteroatoms. The largest absolute Gasteiger partial charge is 0.505 e. The fourth-order valence-corrected chi connectivity index (χ4v) is 1.40. The van der Waals surface area contributed by atoms with Crippen LogP contribution in [0.2, 0.25) is 0 Å². The van der Waals surface area contributed by atoms with Gasteiger partial charge in [0.1, 0.15) is 12.3 Å². The van der Waals surface area contributed by atoms with Gasteiger partial charge < -0.3 is 15.2 Å². The van der Waals surface area contributed by atoms with Crippen LogP contribution in [0.1, 0.15) is 10.5 Å². The van der Waals surface area contributed by atoms with Crippen molar-refractivity contribution >= 4 is 17.4 Å². The van der Waals surface area contributed by atoms with Crippen molar-refractivity contribution in [3.8, 4) is 5.75 Å². The minimum atomic E-state index is -0.644. The molecule has 0 atom stereocenters. The van der Waals surface area contributed by atoms with Gasteiger partial charge in [-0.1, -0.05) is 5.21 Å². The topological polar surface area (TPSA) is 106 Å². The van der Waals surface area contributed by atoms with Gasteiger partial charge in [0.2, 0.25) is 0 Å². The van der Waals surface area contributed by atoms with E-state index in [2.05, 4.69) is 20.4 Å². The Balaban J connectivity index is 2.29. The normalized spacial score (nSPS) is 10.3. The Hall–Kier alpha value is -2.64. The van der Waals surface area contributed by atoms with Crippen LogP contribution in [-0.4, -0.2) is 45.5 Å². The Morgan fingerprint density at radius 3 is 3.00 bits per heavy atom. The van der Waals surface area contributed by atoms with Crippen LogP contribution in [0.15, 0.2) is 18.3 Å². The third-order valence-electron chi connectivity index (χ3n) is 2.28. The molecule has 0 radical (unpaired) electrons. The zero-order valence-electron chi connectivity index (χ0n) is 9.45. The molecule has 2 rings (SSSR count). The lowest BCUT2D eigenvalue weighted by Crippen LogP contribution is -2.31. The van der Waals surface area contributed by atoms with Crippen LogP contribution in [0.4, 0.5) is 0 Å². The van der Waals surface area contributed by atoms with Gasteiger partial charge >= 0.3 is 5.97 Å². The highest BCUT2D eigenvalue weighted by Crippen LogP contribution is 2.17. The second-order valence-electron chi connectivity index (χ2n) is 3.40. The summed E-state index contributed by atoms with van der Waals surface area (Å²) < 4.78 is 5.57. The number of methoxy groups -OCH3 is 1. The molecule has 0 fully saturated rings. The van der Waals surface area contributed by atoms with Crippen molar-refractivity contribution in [1.29, 1.82) is 0 Å². The van der Waals surface area contributed by atoms with Gasteiger partial charge in [0, 0.05) is 0 Å². The van der Waals surface area contributed by atoms with Crippen LogP contribution < -0.4 is 5.32 Å². The smallest absolute Gasteiger partial charge is 0.325 e. The predicted octanol–water partition coefficient (Wildman–Crippen LogP) is -0.662. The lowest BCUT2D eigenvalue weighted by Gasteiger charge is -2.07. The number of carbonyl (C=O) groups excluding carboxylic acids is 2. The van der Waals surface area contributed by atoms with Crippen LogP contribution in [0.5, 0.6) is 5.75 Å². The van der Waals surface area contributed by atoms with E-state index in [0.717, 1.165) is 0 Å². The van der Waals surface area contributed by atoms with E-state index < -0.39 is 11.9 Å². The van der Waals surface area contributed by atoms with Gasteiger partial charge in [-0.25, -0.2) is 4.52 Å². The molecular formula is C10H10N4O4. The number of nitrogens with one attached hydrogen (secondary N) is 1. The van der Waals surface area contributed by atoms with E-state index >= 15 is 0 Å². The van der Waals surface area contributed by atoms with E-state index in [0.29, 0.717) is 5.52 Å². The fourth-order valence-electron chi connectivity index (χ4n) is 1.40. The molecule has 0 saturated heterocycles. The standard InChI is InChI=1S/C10H10N4O4/c1-18-8(16)5-11-10(17)9-7(15)3-2-6-4-12-13-14(6)9/h2-4,15H,5H2,1H3,(H,11,17). The van der Waals surface area contributed by atoms with Crippen LogP contribution in [0.25, 0.3) is 5.52 Å². The molecule has 2 N–H and O–H groups in total. The minimum absolute atomic E-state index is 0.0890. The second-order valence-corrected chi connectivity index (χ2v) is 3.40. The molecule has 94 valence electrons. The van der Waals surface area contributed by atoms with Crippen LogP contribution >= 0.6 is 0 Å². The number of aromatic nitrogens is 3. The number of nitrogens with zero attached hydrogens (tertiary/aromatic N) is 3. The summed E-state index contributed by atoms with van der Waals surface area (Å²) in [6.07, 6.45) is 1.44. The maximum Gasteiger partial charge on any atom is 0.325 e. The summed E-state index contributed by atoms with van der Waals surface area (Å²) in [6, 6.07) is 2.91. The molecule has 0 bridgehead atoms. The second kappa shape index (κ2) is 4.70. The highest BCUT2D eigenvalue weighted by Gasteiger charge is 2.17. The van der Waals surface area contributed by atoms with Gasteiger partial charge in [-0.05, 0) is 12.1 Å². The van der Waals surface area contributed by atoms with Crippen LogP contribution in [-0.2, 0) is 9.53 Å². The zero-order chi connectivity index (χ0) is 13.1. The summed E-state index contributed by atoms with van der Waals surface area (Å²) in [5.74, 6) is -1.49. The number of rotatable bonds is 3. The van der Waals surface area contributed by atoms with E-state index in [1.165, 1.54) is 23.9 Å². The average Bonchev–Trinajstić information content (AvgIpc) is 2.83. The van der Waals surface area contributed by atoms with Crippen molar-refractivity contribution in [2.75, 3.05) is 13.7 Å². The highest BCUT2D eigenvalue weighted by atomic mass is 16.5. The number of carbonyl (C=O) groups is 2. The molecule has 1 amide bonds. The number of ether oxygens (including phenoxy) is 1. The quantitative estimate of drug-likeness (QED) is 0.700. The first-order chi connectivity index (χ1) is 8.63. The minimum Gasteiger partial charge on any atom is -0.505 e. The lowest BCUT2D eigenvalue weighted by atomic mass is 10.3. The van der Waals surface area contributed by atoms with E-state index in [1.807, 2.05) is 0 Å². The van der Waals surface area contributed by atoms with Crippen molar-refractivity contribution in [3.05, 3.63) is 24.0 Å². The first-order valence-electron chi connectivity index (χ1n) is 5.01. The van der Waals surface area contributed by atoms with E-state index in [9.17, 15) is 14.7 Å². The molecule has 0 unspecified atom stereocenters. The Bertz CT molecular complexity index is 607. The molecule has 0 saturated carbocycles. The van der Waals surface area contributed by atoms with Gasteiger partial charge in [-0.3, -0.25) is 9.59 Å². The number of esters is 1. The molecule has 18 heavy (non-hydrogen) atoms. The van der Waals surface area contributed by atoms with Crippen LogP contribution in [0, 0.1) is 0 Å². The molecular weight excluding hydrogens is 240 g/mol. The first kappa shape index (κ1) is 11.8. The Morgan fingerprint density at radius 2 is 2.28 bits per heavy atom. The molecule has 2 aromatic heterocycles. The number of aromatic hydroxyl groups is 1. The third kappa shape index (κ3) is 2.08. The molecule has 0 aromatic carbocycles. The molecule has 2 aromatic rings. The molecule has 0 aliphatic heterocycles. The van der Waals surface area contributed by atoms with E-state index in [-0.39, 0.29) is 18.0 Å². The molecule has 8 nitrogen and oxygen atoms in total. The molecule has 2 heterocycles. The van der Waals surface area contributed by atoms with Crippen LogP contribution in [0.3, 0.4) is 0 Å². The number of pyridine rings is 1. The van der Waals surface area contributed by atoms with Gasteiger partial charge in [0.15, 0.2) is 5.69 Å². The number of fused-ring (bicyclic) bond motifs is 1. The summed E-state index contributed by atoms with van der Waals surface area (Å²) in [4.78, 5) is 22.7. The SMILES string of the molecule is COC(=O)CNC(=O)c1c(O)ccc2cnnn12. The predicted molar refractivity (Wildman–Crippen MR) is 59.0 cm³/mol. The van der Waals surface area contributed by atoms with E-state index in [1.54, 1.807) is 6.07 Å². The Morgan fingerprint density at radius 1 is 1.50 bits per heavy atom. The van der Waals surface area contributed by atoms with Gasteiger partial charge in [0.25, 0.3) is 5.91 Å². The van der Waals surface area contributed by atoms with E-state index in [4.69, 9.17) is 0 Å². The monoisotopic (exact) mass is 250 g/mol. The number of hydrogen-bond donors (Lipinski definition) is 2. The summed E-state index contributed by atoms with van der Waals surface area (Å²) in [7, 11) is 1.21.